The molecule has 0 radical (unpaired) electrons. The summed E-state index contributed by atoms with van der Waals surface area (Å²) in [6.45, 7) is 5.44. The number of aryl methyl sites for hydroxylation is 1. The minimum absolute atomic E-state index is 0. The molecule has 0 bridgehead atoms. The Morgan fingerprint density at radius 1 is 1.53 bits per heavy atom. The number of nitrogens with zero attached hydrogens (tertiary/aromatic N) is 2. The first-order chi connectivity index (χ1) is 7.81. The molecule has 0 aromatic carbocycles. The highest BCUT2D eigenvalue weighted by atomic mass is 35.5. The summed E-state index contributed by atoms with van der Waals surface area (Å²) in [5.74, 6) is 0. The predicted molar refractivity (Wildman–Crippen MR) is 73.6 cm³/mol. The van der Waals surface area contributed by atoms with Crippen LogP contribution in [0.15, 0.2) is 18.3 Å². The maximum absolute atomic E-state index is 4.47. The third-order valence-corrected chi connectivity index (χ3v) is 3.41. The van der Waals surface area contributed by atoms with E-state index in [1.807, 2.05) is 19.3 Å². The van der Waals surface area contributed by atoms with Gasteiger partial charge in [0, 0.05) is 25.3 Å². The molecule has 3 nitrogen and oxygen atoms in total. The molecule has 2 rings (SSSR count). The molecule has 4 heteroatoms. The zero-order valence-electron chi connectivity index (χ0n) is 10.6. The lowest BCUT2D eigenvalue weighted by molar-refractivity contribution is 0.239. The molecule has 17 heavy (non-hydrogen) atoms. The highest BCUT2D eigenvalue weighted by molar-refractivity contribution is 5.85. The maximum Gasteiger partial charge on any atom is 0.0573 e. The van der Waals surface area contributed by atoms with Crippen molar-refractivity contribution in [2.24, 2.45) is 0 Å². The van der Waals surface area contributed by atoms with Gasteiger partial charge in [0.05, 0.1) is 5.69 Å². The van der Waals surface area contributed by atoms with Gasteiger partial charge in [-0.15, -0.1) is 12.4 Å². The summed E-state index contributed by atoms with van der Waals surface area (Å²) in [4.78, 5) is 7.02. The Bertz CT molecular complexity index is 343. The van der Waals surface area contributed by atoms with E-state index in [4.69, 9.17) is 0 Å². The molecule has 2 heterocycles. The second-order valence-corrected chi connectivity index (χ2v) is 4.59. The zero-order valence-corrected chi connectivity index (χ0v) is 11.5. The summed E-state index contributed by atoms with van der Waals surface area (Å²) < 4.78 is 0. The summed E-state index contributed by atoms with van der Waals surface area (Å²) >= 11 is 0. The molecule has 1 aromatic rings. The van der Waals surface area contributed by atoms with Crippen molar-refractivity contribution in [2.45, 2.75) is 32.4 Å². The van der Waals surface area contributed by atoms with E-state index in [2.05, 4.69) is 28.2 Å². The van der Waals surface area contributed by atoms with Crippen LogP contribution in [0.3, 0.4) is 0 Å². The van der Waals surface area contributed by atoms with Crippen LogP contribution in [0.2, 0.25) is 0 Å². The smallest absolute Gasteiger partial charge is 0.0573 e. The molecule has 0 saturated carbocycles. The van der Waals surface area contributed by atoms with E-state index in [-0.39, 0.29) is 12.4 Å². The summed E-state index contributed by atoms with van der Waals surface area (Å²) in [5.41, 5.74) is 2.53. The Hall–Kier alpha value is -0.640. The van der Waals surface area contributed by atoms with Gasteiger partial charge in [0.1, 0.15) is 0 Å². The fourth-order valence-electron chi connectivity index (χ4n) is 2.45. The van der Waals surface area contributed by atoms with Crippen LogP contribution in [0, 0.1) is 6.92 Å². The van der Waals surface area contributed by atoms with Gasteiger partial charge in [0.25, 0.3) is 0 Å². The second-order valence-electron chi connectivity index (χ2n) is 4.59. The summed E-state index contributed by atoms with van der Waals surface area (Å²) in [5, 5.41) is 3.28. The van der Waals surface area contributed by atoms with Gasteiger partial charge in [-0.25, -0.2) is 0 Å². The maximum atomic E-state index is 4.47. The van der Waals surface area contributed by atoms with E-state index >= 15 is 0 Å². The van der Waals surface area contributed by atoms with Gasteiger partial charge >= 0.3 is 0 Å². The molecule has 1 atom stereocenters. The molecule has 96 valence electrons. The molecule has 0 aliphatic carbocycles. The van der Waals surface area contributed by atoms with E-state index in [1.54, 1.807) is 0 Å². The van der Waals surface area contributed by atoms with Crippen molar-refractivity contribution < 1.29 is 0 Å². The van der Waals surface area contributed by atoms with Crippen LogP contribution in [0.25, 0.3) is 0 Å². The van der Waals surface area contributed by atoms with Crippen LogP contribution in [-0.4, -0.2) is 36.1 Å². The van der Waals surface area contributed by atoms with Gasteiger partial charge in [0.15, 0.2) is 0 Å². The molecule has 0 amide bonds. The fraction of sp³-hybridized carbons (Fsp3) is 0.615. The van der Waals surface area contributed by atoms with Crippen LogP contribution in [0.5, 0.6) is 0 Å². The van der Waals surface area contributed by atoms with Gasteiger partial charge in [-0.3, -0.25) is 9.88 Å². The van der Waals surface area contributed by atoms with E-state index < -0.39 is 0 Å². The van der Waals surface area contributed by atoms with E-state index in [9.17, 15) is 0 Å². The normalized spacial score (nSPS) is 20.2. The van der Waals surface area contributed by atoms with Gasteiger partial charge in [-0.2, -0.15) is 0 Å². The average Bonchev–Trinajstić information content (AvgIpc) is 2.70. The van der Waals surface area contributed by atoms with Crippen LogP contribution < -0.4 is 5.32 Å². The Morgan fingerprint density at radius 3 is 3.06 bits per heavy atom. The lowest BCUT2D eigenvalue weighted by atomic mass is 10.2. The number of nitrogens with one attached hydrogen (secondary N) is 1. The van der Waals surface area contributed by atoms with Crippen LogP contribution in [0.4, 0.5) is 0 Å². The first-order valence-electron chi connectivity index (χ1n) is 6.10. The first-order valence-corrected chi connectivity index (χ1v) is 6.10. The third kappa shape index (κ3) is 3.66. The quantitative estimate of drug-likeness (QED) is 0.892. The summed E-state index contributed by atoms with van der Waals surface area (Å²) in [7, 11) is 2.03. The largest absolute Gasteiger partial charge is 0.318 e. The molecule has 1 unspecified atom stereocenters. The topological polar surface area (TPSA) is 28.2 Å². The fourth-order valence-corrected chi connectivity index (χ4v) is 2.45. The van der Waals surface area contributed by atoms with Crippen molar-refractivity contribution in [3.63, 3.8) is 0 Å². The van der Waals surface area contributed by atoms with Gasteiger partial charge in [-0.05, 0) is 45.0 Å². The lowest BCUT2D eigenvalue weighted by Crippen LogP contribution is -2.36. The number of hydrogen-bond acceptors (Lipinski definition) is 3. The monoisotopic (exact) mass is 255 g/mol. The first kappa shape index (κ1) is 14.4. The molecule has 1 aliphatic rings. The molecule has 1 aliphatic heterocycles. The Kier molecular flexibility index (Phi) is 5.89. The van der Waals surface area contributed by atoms with Gasteiger partial charge in [0.2, 0.25) is 0 Å². The van der Waals surface area contributed by atoms with Crippen molar-refractivity contribution >= 4 is 12.4 Å². The van der Waals surface area contributed by atoms with Crippen LogP contribution in [-0.2, 0) is 6.54 Å². The second kappa shape index (κ2) is 6.94. The number of aromatic nitrogens is 1. The van der Waals surface area contributed by atoms with Crippen molar-refractivity contribution in [1.82, 2.24) is 15.2 Å². The Labute approximate surface area is 110 Å². The molecule has 1 N–H and O–H groups in total. The molecular weight excluding hydrogens is 234 g/mol. The van der Waals surface area contributed by atoms with Crippen LogP contribution >= 0.6 is 12.4 Å². The minimum atomic E-state index is 0. The minimum Gasteiger partial charge on any atom is -0.318 e. The average molecular weight is 256 g/mol. The van der Waals surface area contributed by atoms with Gasteiger partial charge in [-0.1, -0.05) is 6.07 Å². The van der Waals surface area contributed by atoms with Crippen molar-refractivity contribution in [2.75, 3.05) is 20.1 Å². The van der Waals surface area contributed by atoms with Gasteiger partial charge < -0.3 is 5.32 Å². The Balaban J connectivity index is 0.00000144. The zero-order chi connectivity index (χ0) is 11.4. The standard InChI is InChI=1S/C13H21N3.ClH/c1-11-5-3-7-15-13(11)10-16-8-4-6-12(16)9-14-2;/h3,5,7,12,14H,4,6,8-10H2,1-2H3;1H. The summed E-state index contributed by atoms with van der Waals surface area (Å²) in [6, 6.07) is 4.84. The predicted octanol–water partition coefficient (Wildman–Crippen LogP) is 2.00. The van der Waals surface area contributed by atoms with E-state index in [1.165, 1.54) is 30.6 Å². The summed E-state index contributed by atoms with van der Waals surface area (Å²) in [6.07, 6.45) is 4.52. The number of likely N-dealkylation sites (tertiary alicyclic amines) is 1. The molecule has 1 saturated heterocycles. The molecule has 1 fully saturated rings. The number of halogens is 1. The number of hydrogen-bond donors (Lipinski definition) is 1. The number of rotatable bonds is 4. The molecule has 0 spiro atoms. The van der Waals surface area contributed by atoms with E-state index in [0.29, 0.717) is 6.04 Å². The van der Waals surface area contributed by atoms with Crippen molar-refractivity contribution in [3.8, 4) is 0 Å². The van der Waals surface area contributed by atoms with E-state index in [0.717, 1.165) is 13.1 Å². The highest BCUT2D eigenvalue weighted by Gasteiger charge is 2.24. The third-order valence-electron chi connectivity index (χ3n) is 3.41. The SMILES string of the molecule is CNCC1CCCN1Cc1ncccc1C.Cl. The van der Waals surface area contributed by atoms with Crippen molar-refractivity contribution in [3.05, 3.63) is 29.6 Å². The number of pyridine rings is 1. The highest BCUT2D eigenvalue weighted by Crippen LogP contribution is 2.19. The van der Waals surface area contributed by atoms with Crippen molar-refractivity contribution in [1.29, 1.82) is 0 Å². The Morgan fingerprint density at radius 2 is 2.35 bits per heavy atom. The lowest BCUT2D eigenvalue weighted by Gasteiger charge is -2.24. The molecule has 1 aromatic heterocycles. The molecular formula is C13H22ClN3. The van der Waals surface area contributed by atoms with Crippen LogP contribution in [0.1, 0.15) is 24.1 Å². The number of likely N-dealkylation sites (N-methyl/N-ethyl adjacent to an activating group) is 1.